The summed E-state index contributed by atoms with van der Waals surface area (Å²) in [6.45, 7) is 3.11. The molecule has 2 rings (SSSR count). The Labute approximate surface area is 130 Å². The number of likely N-dealkylation sites (tertiary alicyclic amines) is 1. The predicted molar refractivity (Wildman–Crippen MR) is 82.8 cm³/mol. The fourth-order valence-corrected chi connectivity index (χ4v) is 2.85. The van der Waals surface area contributed by atoms with Gasteiger partial charge < -0.3 is 9.80 Å². The zero-order valence-electron chi connectivity index (χ0n) is 13.4. The first kappa shape index (κ1) is 16.5. The summed E-state index contributed by atoms with van der Waals surface area (Å²) in [7, 11) is 3.48. The van der Waals surface area contributed by atoms with Gasteiger partial charge in [0.05, 0.1) is 5.92 Å². The standard InChI is InChI=1S/C17H23FN2O2/c1-12(13-4-6-15(18)7-5-13)10-16(21)20-9-8-14(11-20)17(22)19(2)3/h4-7,12,14H,8-11H2,1-3H3/t12-,14-/m1/s1. The summed E-state index contributed by atoms with van der Waals surface area (Å²) in [5.41, 5.74) is 0.954. The van der Waals surface area contributed by atoms with Crippen molar-refractivity contribution in [3.05, 3.63) is 35.6 Å². The molecule has 0 aromatic heterocycles. The Balaban J connectivity index is 1.90. The first-order valence-electron chi connectivity index (χ1n) is 7.63. The van der Waals surface area contributed by atoms with E-state index in [1.54, 1.807) is 36.0 Å². The minimum Gasteiger partial charge on any atom is -0.349 e. The number of hydrogen-bond donors (Lipinski definition) is 0. The third-order valence-electron chi connectivity index (χ3n) is 4.25. The summed E-state index contributed by atoms with van der Waals surface area (Å²) in [4.78, 5) is 27.7. The quantitative estimate of drug-likeness (QED) is 0.856. The van der Waals surface area contributed by atoms with Crippen molar-refractivity contribution in [2.75, 3.05) is 27.2 Å². The first-order chi connectivity index (χ1) is 10.4. The Bertz CT molecular complexity index is 542. The summed E-state index contributed by atoms with van der Waals surface area (Å²) < 4.78 is 12.9. The van der Waals surface area contributed by atoms with E-state index in [0.29, 0.717) is 19.5 Å². The summed E-state index contributed by atoms with van der Waals surface area (Å²) in [6.07, 6.45) is 1.11. The molecular formula is C17H23FN2O2. The SMILES string of the molecule is C[C@H](CC(=O)N1CC[C@@H](C(=O)N(C)C)C1)c1ccc(F)cc1. The Hall–Kier alpha value is -1.91. The van der Waals surface area contributed by atoms with E-state index >= 15 is 0 Å². The molecule has 4 nitrogen and oxygen atoms in total. The summed E-state index contributed by atoms with van der Waals surface area (Å²) >= 11 is 0. The zero-order valence-corrected chi connectivity index (χ0v) is 13.4. The molecule has 1 aliphatic heterocycles. The lowest BCUT2D eigenvalue weighted by molar-refractivity contribution is -0.133. The molecule has 1 fully saturated rings. The van der Waals surface area contributed by atoms with Gasteiger partial charge in [0.2, 0.25) is 11.8 Å². The maximum Gasteiger partial charge on any atom is 0.227 e. The fourth-order valence-electron chi connectivity index (χ4n) is 2.85. The van der Waals surface area contributed by atoms with Crippen LogP contribution in [-0.4, -0.2) is 48.8 Å². The number of nitrogens with zero attached hydrogens (tertiary/aromatic N) is 2. The second-order valence-corrected chi connectivity index (χ2v) is 6.21. The molecule has 0 saturated carbocycles. The predicted octanol–water partition coefficient (Wildman–Crippen LogP) is 2.26. The zero-order chi connectivity index (χ0) is 16.3. The minimum absolute atomic E-state index is 0.0386. The number of amides is 2. The van der Waals surface area contributed by atoms with E-state index in [-0.39, 0.29) is 29.5 Å². The van der Waals surface area contributed by atoms with E-state index in [2.05, 4.69) is 0 Å². The van der Waals surface area contributed by atoms with Crippen LogP contribution in [-0.2, 0) is 9.59 Å². The molecule has 2 atom stereocenters. The Kier molecular flexibility index (Phi) is 5.16. The van der Waals surface area contributed by atoms with Crippen LogP contribution >= 0.6 is 0 Å². The third-order valence-corrected chi connectivity index (χ3v) is 4.25. The molecule has 120 valence electrons. The van der Waals surface area contributed by atoms with Crippen LogP contribution in [0.1, 0.15) is 31.2 Å². The molecule has 5 heteroatoms. The van der Waals surface area contributed by atoms with Crippen LogP contribution < -0.4 is 0 Å². The van der Waals surface area contributed by atoms with E-state index in [4.69, 9.17) is 0 Å². The number of hydrogen-bond acceptors (Lipinski definition) is 2. The van der Waals surface area contributed by atoms with E-state index in [1.165, 1.54) is 12.1 Å². The second-order valence-electron chi connectivity index (χ2n) is 6.21. The molecule has 0 N–H and O–H groups in total. The molecule has 1 aromatic rings. The van der Waals surface area contributed by atoms with Crippen LogP contribution in [0.3, 0.4) is 0 Å². The highest BCUT2D eigenvalue weighted by atomic mass is 19.1. The van der Waals surface area contributed by atoms with Gasteiger partial charge in [0.25, 0.3) is 0 Å². The van der Waals surface area contributed by atoms with E-state index in [0.717, 1.165) is 12.0 Å². The summed E-state index contributed by atoms with van der Waals surface area (Å²) in [5, 5.41) is 0. The molecule has 0 bridgehead atoms. The molecule has 0 spiro atoms. The highest BCUT2D eigenvalue weighted by molar-refractivity contribution is 5.82. The van der Waals surface area contributed by atoms with Crippen LogP contribution in [0.5, 0.6) is 0 Å². The van der Waals surface area contributed by atoms with Gasteiger partial charge >= 0.3 is 0 Å². The molecule has 1 saturated heterocycles. The fraction of sp³-hybridized carbons (Fsp3) is 0.529. The topological polar surface area (TPSA) is 40.6 Å². The monoisotopic (exact) mass is 306 g/mol. The highest BCUT2D eigenvalue weighted by Gasteiger charge is 2.32. The maximum absolute atomic E-state index is 12.9. The minimum atomic E-state index is -0.271. The van der Waals surface area contributed by atoms with Crippen LogP contribution in [0.25, 0.3) is 0 Å². The maximum atomic E-state index is 12.9. The van der Waals surface area contributed by atoms with Crippen molar-refractivity contribution in [1.82, 2.24) is 9.80 Å². The number of rotatable bonds is 4. The molecule has 22 heavy (non-hydrogen) atoms. The normalized spacial score (nSPS) is 19.1. The van der Waals surface area contributed by atoms with Gasteiger partial charge in [0, 0.05) is 33.6 Å². The molecule has 1 aliphatic rings. The number of benzene rings is 1. The first-order valence-corrected chi connectivity index (χ1v) is 7.63. The van der Waals surface area contributed by atoms with Crippen LogP contribution in [0.4, 0.5) is 4.39 Å². The Morgan fingerprint density at radius 1 is 1.32 bits per heavy atom. The summed E-state index contributed by atoms with van der Waals surface area (Å²) in [6, 6.07) is 6.27. The van der Waals surface area contributed by atoms with E-state index in [9.17, 15) is 14.0 Å². The van der Waals surface area contributed by atoms with Gasteiger partial charge in [-0.3, -0.25) is 9.59 Å². The lowest BCUT2D eigenvalue weighted by Gasteiger charge is -2.20. The Morgan fingerprint density at radius 2 is 1.95 bits per heavy atom. The van der Waals surface area contributed by atoms with Crippen molar-refractivity contribution >= 4 is 11.8 Å². The molecular weight excluding hydrogens is 283 g/mol. The highest BCUT2D eigenvalue weighted by Crippen LogP contribution is 2.24. The van der Waals surface area contributed by atoms with Gasteiger partial charge in [-0.15, -0.1) is 0 Å². The molecule has 2 amide bonds. The third kappa shape index (κ3) is 3.84. The molecule has 0 unspecified atom stereocenters. The van der Waals surface area contributed by atoms with Crippen molar-refractivity contribution < 1.29 is 14.0 Å². The van der Waals surface area contributed by atoms with Crippen molar-refractivity contribution in [3.63, 3.8) is 0 Å². The smallest absolute Gasteiger partial charge is 0.227 e. The average molecular weight is 306 g/mol. The molecule has 0 radical (unpaired) electrons. The molecule has 1 heterocycles. The number of carbonyl (C=O) groups excluding carboxylic acids is 2. The molecule has 1 aromatic carbocycles. The number of carbonyl (C=O) groups is 2. The summed E-state index contributed by atoms with van der Waals surface area (Å²) in [5.74, 6) is -0.170. The van der Waals surface area contributed by atoms with Crippen molar-refractivity contribution in [3.8, 4) is 0 Å². The van der Waals surface area contributed by atoms with Gasteiger partial charge in [-0.1, -0.05) is 19.1 Å². The van der Waals surface area contributed by atoms with Gasteiger partial charge in [-0.05, 0) is 30.0 Å². The van der Waals surface area contributed by atoms with Crippen LogP contribution in [0.15, 0.2) is 24.3 Å². The van der Waals surface area contributed by atoms with Crippen molar-refractivity contribution in [2.24, 2.45) is 5.92 Å². The van der Waals surface area contributed by atoms with Crippen molar-refractivity contribution in [2.45, 2.75) is 25.7 Å². The Morgan fingerprint density at radius 3 is 2.55 bits per heavy atom. The largest absolute Gasteiger partial charge is 0.349 e. The van der Waals surface area contributed by atoms with Gasteiger partial charge in [0.1, 0.15) is 5.82 Å². The van der Waals surface area contributed by atoms with E-state index < -0.39 is 0 Å². The van der Waals surface area contributed by atoms with Crippen molar-refractivity contribution in [1.29, 1.82) is 0 Å². The average Bonchev–Trinajstić information content (AvgIpc) is 2.96. The van der Waals surface area contributed by atoms with Gasteiger partial charge in [0.15, 0.2) is 0 Å². The van der Waals surface area contributed by atoms with Gasteiger partial charge in [-0.25, -0.2) is 4.39 Å². The second kappa shape index (κ2) is 6.90. The lowest BCUT2D eigenvalue weighted by atomic mass is 9.97. The van der Waals surface area contributed by atoms with E-state index in [1.807, 2.05) is 6.92 Å². The van der Waals surface area contributed by atoms with Crippen LogP contribution in [0.2, 0.25) is 0 Å². The molecule has 0 aliphatic carbocycles. The number of halogens is 1. The van der Waals surface area contributed by atoms with Crippen LogP contribution in [0, 0.1) is 11.7 Å². The van der Waals surface area contributed by atoms with Gasteiger partial charge in [-0.2, -0.15) is 0 Å². The lowest BCUT2D eigenvalue weighted by Crippen LogP contribution is -2.34.